The predicted octanol–water partition coefficient (Wildman–Crippen LogP) is 4.10. The zero-order valence-corrected chi connectivity index (χ0v) is 16.0. The molecule has 0 aliphatic heterocycles. The zero-order valence-electron chi connectivity index (χ0n) is 13.7. The summed E-state index contributed by atoms with van der Waals surface area (Å²) in [6.45, 7) is 0. The van der Waals surface area contributed by atoms with Crippen LogP contribution in [0.15, 0.2) is 69.1 Å². The molecule has 0 atom stereocenters. The van der Waals surface area contributed by atoms with E-state index >= 15 is 0 Å². The van der Waals surface area contributed by atoms with Crippen LogP contribution in [0.2, 0.25) is 5.02 Å². The largest absolute Gasteiger partial charge is 0.496 e. The minimum atomic E-state index is -0.426. The molecule has 6 nitrogen and oxygen atoms in total. The summed E-state index contributed by atoms with van der Waals surface area (Å²) in [4.78, 5) is 12.4. The van der Waals surface area contributed by atoms with Crippen LogP contribution in [0.25, 0.3) is 5.69 Å². The number of methoxy groups -OCH3 is 1. The molecular weight excluding hydrogens is 420 g/mol. The van der Waals surface area contributed by atoms with Gasteiger partial charge < -0.3 is 4.74 Å². The number of hydrogen-bond donors (Lipinski definition) is 1. The van der Waals surface area contributed by atoms with Crippen molar-refractivity contribution in [1.82, 2.24) is 9.78 Å². The molecule has 1 N–H and O–H groups in total. The number of benzene rings is 2. The quantitative estimate of drug-likeness (QED) is 0.486. The Morgan fingerprint density at radius 1 is 1.27 bits per heavy atom. The second kappa shape index (κ2) is 8.16. The second-order valence-electron chi connectivity index (χ2n) is 5.19. The van der Waals surface area contributed by atoms with Gasteiger partial charge in [-0.3, -0.25) is 10.2 Å². The fourth-order valence-electron chi connectivity index (χ4n) is 2.20. The van der Waals surface area contributed by atoms with Crippen molar-refractivity contribution in [2.75, 3.05) is 12.5 Å². The van der Waals surface area contributed by atoms with E-state index in [0.29, 0.717) is 11.4 Å². The number of aromatic nitrogens is 2. The first-order chi connectivity index (χ1) is 12.6. The van der Waals surface area contributed by atoms with E-state index in [1.54, 1.807) is 25.5 Å². The molecule has 0 fully saturated rings. The first kappa shape index (κ1) is 18.2. The third-order valence-electron chi connectivity index (χ3n) is 3.49. The van der Waals surface area contributed by atoms with Crippen LogP contribution in [0.5, 0.6) is 5.75 Å². The lowest BCUT2D eigenvalue weighted by Gasteiger charge is -2.07. The van der Waals surface area contributed by atoms with Gasteiger partial charge in [0.1, 0.15) is 16.5 Å². The Hall–Kier alpha value is -2.64. The van der Waals surface area contributed by atoms with Crippen molar-refractivity contribution in [2.24, 2.45) is 5.10 Å². The lowest BCUT2D eigenvalue weighted by molar-refractivity contribution is 0.412. The number of hydrogen-bond acceptors (Lipinski definition) is 5. The minimum absolute atomic E-state index is 0.0110. The third kappa shape index (κ3) is 3.95. The van der Waals surface area contributed by atoms with Crippen LogP contribution in [-0.4, -0.2) is 23.1 Å². The summed E-state index contributed by atoms with van der Waals surface area (Å²) < 4.78 is 7.23. The zero-order chi connectivity index (χ0) is 18.5. The Morgan fingerprint density at radius 3 is 2.73 bits per heavy atom. The molecule has 1 aromatic heterocycles. The molecule has 0 amide bonds. The van der Waals surface area contributed by atoms with Gasteiger partial charge in [-0.25, -0.2) is 0 Å². The van der Waals surface area contributed by atoms with Gasteiger partial charge in [0.2, 0.25) is 0 Å². The molecule has 0 unspecified atom stereocenters. The van der Waals surface area contributed by atoms with Crippen molar-refractivity contribution >= 4 is 39.4 Å². The number of hydrazone groups is 1. The maximum atomic E-state index is 12.4. The summed E-state index contributed by atoms with van der Waals surface area (Å²) in [5, 5.41) is 8.25. The summed E-state index contributed by atoms with van der Waals surface area (Å²) in [5.41, 5.74) is 4.12. The van der Waals surface area contributed by atoms with Crippen LogP contribution < -0.4 is 15.7 Å². The average molecular weight is 434 g/mol. The molecular formula is C18H14BrClN4O2. The van der Waals surface area contributed by atoms with Crippen molar-refractivity contribution in [3.8, 4) is 11.4 Å². The second-order valence-corrected chi connectivity index (χ2v) is 6.42. The van der Waals surface area contributed by atoms with Gasteiger partial charge in [-0.05, 0) is 51.8 Å². The molecule has 0 spiro atoms. The first-order valence-electron chi connectivity index (χ1n) is 7.56. The summed E-state index contributed by atoms with van der Waals surface area (Å²) in [5.74, 6) is 0.729. The minimum Gasteiger partial charge on any atom is -0.496 e. The van der Waals surface area contributed by atoms with E-state index in [1.807, 2.05) is 36.4 Å². The molecule has 8 heteroatoms. The van der Waals surface area contributed by atoms with Crippen LogP contribution in [0.3, 0.4) is 0 Å². The van der Waals surface area contributed by atoms with Gasteiger partial charge >= 0.3 is 0 Å². The number of para-hydroxylation sites is 1. The van der Waals surface area contributed by atoms with Crippen LogP contribution in [0.1, 0.15) is 5.56 Å². The molecule has 0 radical (unpaired) electrons. The van der Waals surface area contributed by atoms with E-state index in [4.69, 9.17) is 16.3 Å². The molecule has 3 rings (SSSR count). The van der Waals surface area contributed by atoms with Gasteiger partial charge in [0.15, 0.2) is 0 Å². The molecule has 26 heavy (non-hydrogen) atoms. The lowest BCUT2D eigenvalue weighted by Crippen LogP contribution is -2.22. The predicted molar refractivity (Wildman–Crippen MR) is 107 cm³/mol. The molecule has 2 aromatic carbocycles. The van der Waals surface area contributed by atoms with E-state index in [0.717, 1.165) is 15.8 Å². The van der Waals surface area contributed by atoms with Crippen molar-refractivity contribution in [3.63, 3.8) is 0 Å². The number of rotatable bonds is 5. The van der Waals surface area contributed by atoms with Crippen molar-refractivity contribution < 1.29 is 4.74 Å². The van der Waals surface area contributed by atoms with Crippen molar-refractivity contribution in [3.05, 3.63) is 80.1 Å². The SMILES string of the molecule is COc1ccc(/C=N/Nc2cnn(-c3ccccc3)c(=O)c2Cl)cc1Br. The van der Waals surface area contributed by atoms with E-state index in [9.17, 15) is 4.79 Å². The maximum absolute atomic E-state index is 12.4. The van der Waals surface area contributed by atoms with Crippen LogP contribution in [0, 0.1) is 0 Å². The average Bonchev–Trinajstić information content (AvgIpc) is 2.66. The van der Waals surface area contributed by atoms with Gasteiger partial charge in [0, 0.05) is 0 Å². The Morgan fingerprint density at radius 2 is 2.04 bits per heavy atom. The molecule has 0 aliphatic rings. The van der Waals surface area contributed by atoms with Crippen LogP contribution >= 0.6 is 27.5 Å². The first-order valence-corrected chi connectivity index (χ1v) is 8.73. The van der Waals surface area contributed by atoms with Gasteiger partial charge in [0.25, 0.3) is 5.56 Å². The fraction of sp³-hybridized carbons (Fsp3) is 0.0556. The molecule has 1 heterocycles. The molecule has 3 aromatic rings. The van der Waals surface area contributed by atoms with Gasteiger partial charge in [-0.15, -0.1) is 0 Å². The van der Waals surface area contributed by atoms with Gasteiger partial charge in [0.05, 0.1) is 29.7 Å². The van der Waals surface area contributed by atoms with Crippen LogP contribution in [0.4, 0.5) is 5.69 Å². The highest BCUT2D eigenvalue weighted by atomic mass is 79.9. The highest BCUT2D eigenvalue weighted by molar-refractivity contribution is 9.10. The number of anilines is 1. The number of halogens is 2. The summed E-state index contributed by atoms with van der Waals surface area (Å²) in [7, 11) is 1.60. The van der Waals surface area contributed by atoms with E-state index in [1.165, 1.54) is 10.9 Å². The monoisotopic (exact) mass is 432 g/mol. The summed E-state index contributed by atoms with van der Waals surface area (Å²) in [6.07, 6.45) is 3.06. The van der Waals surface area contributed by atoms with E-state index in [2.05, 4.69) is 31.6 Å². The molecule has 132 valence electrons. The number of ether oxygens (including phenoxy) is 1. The third-order valence-corrected chi connectivity index (χ3v) is 4.48. The summed E-state index contributed by atoms with van der Waals surface area (Å²) in [6, 6.07) is 14.6. The molecule has 0 saturated heterocycles. The Bertz CT molecular complexity index is 1010. The summed E-state index contributed by atoms with van der Waals surface area (Å²) >= 11 is 9.57. The van der Waals surface area contributed by atoms with Gasteiger partial charge in [-0.2, -0.15) is 14.9 Å². The Labute approximate surface area is 163 Å². The molecule has 0 saturated carbocycles. The Kier molecular flexibility index (Phi) is 5.70. The standard InChI is InChI=1S/C18H14BrClN4O2/c1-26-16-8-7-12(9-14(16)19)10-21-23-15-11-22-24(18(25)17(15)20)13-5-3-2-4-6-13/h2-11,23H,1H3/b21-10+. The fourth-order valence-corrected chi connectivity index (χ4v) is 2.93. The molecule has 0 bridgehead atoms. The highest BCUT2D eigenvalue weighted by Crippen LogP contribution is 2.25. The topological polar surface area (TPSA) is 68.5 Å². The van der Waals surface area contributed by atoms with Crippen molar-refractivity contribution in [1.29, 1.82) is 0 Å². The van der Waals surface area contributed by atoms with Crippen LogP contribution in [-0.2, 0) is 0 Å². The highest BCUT2D eigenvalue weighted by Gasteiger charge is 2.10. The van der Waals surface area contributed by atoms with E-state index in [-0.39, 0.29) is 5.02 Å². The normalized spacial score (nSPS) is 10.9. The number of nitrogens with one attached hydrogen (secondary N) is 1. The van der Waals surface area contributed by atoms with E-state index < -0.39 is 5.56 Å². The lowest BCUT2D eigenvalue weighted by atomic mass is 10.2. The van der Waals surface area contributed by atoms with Crippen molar-refractivity contribution in [2.45, 2.75) is 0 Å². The number of nitrogens with zero attached hydrogens (tertiary/aromatic N) is 3. The maximum Gasteiger partial charge on any atom is 0.292 e. The van der Waals surface area contributed by atoms with Gasteiger partial charge in [-0.1, -0.05) is 29.8 Å². The molecule has 0 aliphatic carbocycles. The smallest absolute Gasteiger partial charge is 0.292 e. The Balaban J connectivity index is 1.80.